The summed E-state index contributed by atoms with van der Waals surface area (Å²) in [5, 5.41) is 15.8. The summed E-state index contributed by atoms with van der Waals surface area (Å²) >= 11 is 0. The molecule has 0 unspecified atom stereocenters. The van der Waals surface area contributed by atoms with E-state index in [2.05, 4.69) is 9.72 Å². The maximum absolute atomic E-state index is 14.5. The number of nitrogens with zero attached hydrogens (tertiary/aromatic N) is 2. The number of halogens is 5. The predicted octanol–water partition coefficient (Wildman–Crippen LogP) is 4.61. The first-order valence-corrected chi connectivity index (χ1v) is 9.12. The highest BCUT2D eigenvalue weighted by atomic mass is 19.4. The molecule has 0 spiro atoms. The fraction of sp³-hybridized carbons (Fsp3) is 0.190. The zero-order valence-electron chi connectivity index (χ0n) is 16.4. The molecule has 2 N–H and O–H groups in total. The number of hydrogen-bond acceptors (Lipinski definition) is 5. The van der Waals surface area contributed by atoms with Crippen LogP contribution in [0.25, 0.3) is 11.1 Å². The number of pyridine rings is 2. The average Bonchev–Trinajstić information content (AvgIpc) is 2.74. The van der Waals surface area contributed by atoms with Gasteiger partial charge in [-0.2, -0.15) is 8.78 Å². The molecule has 0 aliphatic carbocycles. The summed E-state index contributed by atoms with van der Waals surface area (Å²) in [5.74, 6) is -5.31. The summed E-state index contributed by atoms with van der Waals surface area (Å²) in [6, 6.07) is 10.7. The van der Waals surface area contributed by atoms with Gasteiger partial charge in [0.2, 0.25) is 0 Å². The van der Waals surface area contributed by atoms with Gasteiger partial charge in [-0.3, -0.25) is 20.4 Å². The van der Waals surface area contributed by atoms with Gasteiger partial charge in [0.1, 0.15) is 17.8 Å². The molecule has 6 nitrogen and oxygen atoms in total. The van der Waals surface area contributed by atoms with Crippen molar-refractivity contribution >= 4 is 5.84 Å². The van der Waals surface area contributed by atoms with E-state index in [-0.39, 0.29) is 12.1 Å². The fourth-order valence-corrected chi connectivity index (χ4v) is 2.73. The molecule has 0 radical (unpaired) electrons. The molecule has 2 aromatic heterocycles. The molecule has 32 heavy (non-hydrogen) atoms. The first-order valence-electron chi connectivity index (χ1n) is 9.12. The highest BCUT2D eigenvalue weighted by molar-refractivity contribution is 5.89. The number of rotatable bonds is 7. The molecule has 0 amide bonds. The topological polar surface area (TPSA) is 84.0 Å². The second-order valence-corrected chi connectivity index (χ2v) is 6.65. The normalized spacial score (nSPS) is 11.9. The van der Waals surface area contributed by atoms with Crippen molar-refractivity contribution in [2.75, 3.05) is 6.61 Å². The zero-order chi connectivity index (χ0) is 23.4. The average molecular weight is 452 g/mol. The van der Waals surface area contributed by atoms with Gasteiger partial charge in [-0.1, -0.05) is 18.2 Å². The van der Waals surface area contributed by atoms with Crippen LogP contribution in [0.15, 0.2) is 67.1 Å². The first-order chi connectivity index (χ1) is 15.0. The van der Waals surface area contributed by atoms with Gasteiger partial charge in [0, 0.05) is 18.6 Å². The minimum Gasteiger partial charge on any atom is -0.406 e. The summed E-state index contributed by atoms with van der Waals surface area (Å²) in [5.41, 5.74) is 0.917. The molecule has 0 aliphatic heterocycles. The first kappa shape index (κ1) is 23.1. The Morgan fingerprint density at radius 3 is 2.28 bits per heavy atom. The molecule has 0 atom stereocenters. The Bertz CT molecular complexity index is 1130. The van der Waals surface area contributed by atoms with Crippen LogP contribution in [0.3, 0.4) is 0 Å². The van der Waals surface area contributed by atoms with Crippen molar-refractivity contribution in [1.29, 1.82) is 10.8 Å². The molecular weight excluding hydrogens is 435 g/mol. The van der Waals surface area contributed by atoms with Crippen molar-refractivity contribution in [2.45, 2.75) is 18.9 Å². The molecule has 1 aromatic carbocycles. The summed E-state index contributed by atoms with van der Waals surface area (Å²) < 4.78 is 75.5. The van der Waals surface area contributed by atoms with Crippen molar-refractivity contribution in [2.24, 2.45) is 0 Å². The maximum Gasteiger partial charge on any atom is 0.573 e. The van der Waals surface area contributed by atoms with Crippen molar-refractivity contribution in [3.63, 3.8) is 0 Å². The van der Waals surface area contributed by atoms with Crippen LogP contribution in [0.5, 0.6) is 5.75 Å². The van der Waals surface area contributed by atoms with Gasteiger partial charge in [-0.05, 0) is 47.0 Å². The van der Waals surface area contributed by atoms with Gasteiger partial charge in [-0.15, -0.1) is 13.2 Å². The van der Waals surface area contributed by atoms with Crippen molar-refractivity contribution < 1.29 is 31.4 Å². The van der Waals surface area contributed by atoms with E-state index < -0.39 is 30.5 Å². The summed E-state index contributed by atoms with van der Waals surface area (Å²) in [6.45, 7) is -1.21. The van der Waals surface area contributed by atoms with Crippen molar-refractivity contribution in [3.8, 4) is 16.9 Å². The lowest BCUT2D eigenvalue weighted by atomic mass is 10.1. The summed E-state index contributed by atoms with van der Waals surface area (Å²) in [4.78, 5) is 3.85. The third kappa shape index (κ3) is 5.97. The van der Waals surface area contributed by atoms with Crippen LogP contribution in [0.4, 0.5) is 22.0 Å². The lowest BCUT2D eigenvalue weighted by Crippen LogP contribution is -2.42. The summed E-state index contributed by atoms with van der Waals surface area (Å²) in [6.07, 6.45) is -0.699. The van der Waals surface area contributed by atoms with Crippen LogP contribution in [0, 0.1) is 10.8 Å². The van der Waals surface area contributed by atoms with Gasteiger partial charge in [0.15, 0.2) is 5.84 Å². The second kappa shape index (κ2) is 9.27. The Kier molecular flexibility index (Phi) is 6.68. The Balaban J connectivity index is 1.75. The van der Waals surface area contributed by atoms with Gasteiger partial charge in [0.25, 0.3) is 0 Å². The van der Waals surface area contributed by atoms with E-state index in [0.717, 1.165) is 18.3 Å². The molecule has 3 aromatic rings. The smallest absolute Gasteiger partial charge is 0.406 e. The maximum atomic E-state index is 14.5. The lowest BCUT2D eigenvalue weighted by molar-refractivity contribution is -0.274. The van der Waals surface area contributed by atoms with Crippen LogP contribution in [-0.2, 0) is 11.3 Å². The van der Waals surface area contributed by atoms with Crippen LogP contribution in [-0.4, -0.2) is 34.3 Å². The van der Waals surface area contributed by atoms with E-state index in [4.69, 9.17) is 15.6 Å². The van der Waals surface area contributed by atoms with Gasteiger partial charge in [0.05, 0.1) is 6.61 Å². The highest BCUT2D eigenvalue weighted by Gasteiger charge is 2.37. The van der Waals surface area contributed by atoms with E-state index in [0.29, 0.717) is 21.3 Å². The molecule has 0 saturated carbocycles. The molecule has 0 aliphatic rings. The molecule has 2 heterocycles. The number of benzene rings is 1. The lowest BCUT2D eigenvalue weighted by Gasteiger charge is -2.20. The molecule has 0 bridgehead atoms. The highest BCUT2D eigenvalue weighted by Crippen LogP contribution is 2.26. The van der Waals surface area contributed by atoms with E-state index in [1.54, 1.807) is 12.1 Å². The Labute approximate surface area is 178 Å². The third-order valence-electron chi connectivity index (χ3n) is 4.23. The number of hydrogen-bond donors (Lipinski definition) is 2. The van der Waals surface area contributed by atoms with E-state index in [1.807, 2.05) is 0 Å². The summed E-state index contributed by atoms with van der Waals surface area (Å²) in [7, 11) is 0. The SMILES string of the molecule is N=C(n1cc(-c2ccc(OC(F)(F)F)cc2)ccc1=N)C(F)(F)COCc1cccnc1. The third-order valence-corrected chi connectivity index (χ3v) is 4.23. The zero-order valence-corrected chi connectivity index (χ0v) is 16.4. The number of nitrogens with one attached hydrogen (secondary N) is 2. The van der Waals surface area contributed by atoms with E-state index in [1.165, 1.54) is 36.7 Å². The van der Waals surface area contributed by atoms with Gasteiger partial charge >= 0.3 is 12.3 Å². The number of alkyl halides is 5. The molecule has 0 saturated heterocycles. The van der Waals surface area contributed by atoms with Crippen LogP contribution >= 0.6 is 0 Å². The quantitative estimate of drug-likeness (QED) is 0.312. The van der Waals surface area contributed by atoms with Gasteiger partial charge < -0.3 is 9.47 Å². The van der Waals surface area contributed by atoms with E-state index in [9.17, 15) is 22.0 Å². The van der Waals surface area contributed by atoms with Crippen LogP contribution in [0.1, 0.15) is 5.56 Å². The number of ether oxygens (including phenoxy) is 2. The van der Waals surface area contributed by atoms with Crippen molar-refractivity contribution in [3.05, 3.63) is 78.2 Å². The Morgan fingerprint density at radius 2 is 1.66 bits per heavy atom. The molecule has 0 fully saturated rings. The molecule has 3 rings (SSSR count). The second-order valence-electron chi connectivity index (χ2n) is 6.65. The van der Waals surface area contributed by atoms with Gasteiger partial charge in [-0.25, -0.2) is 0 Å². The minimum absolute atomic E-state index is 0.124. The molecular formula is C21H17F5N4O2. The molecule has 11 heteroatoms. The monoisotopic (exact) mass is 452 g/mol. The Hall–Kier alpha value is -3.60. The minimum atomic E-state index is -4.84. The van der Waals surface area contributed by atoms with Crippen LogP contribution < -0.4 is 10.2 Å². The Morgan fingerprint density at radius 1 is 0.969 bits per heavy atom. The number of aromatic nitrogens is 2. The van der Waals surface area contributed by atoms with Crippen molar-refractivity contribution in [1.82, 2.24) is 9.55 Å². The largest absolute Gasteiger partial charge is 0.573 e. The predicted molar refractivity (Wildman–Crippen MR) is 104 cm³/mol. The van der Waals surface area contributed by atoms with Crippen LogP contribution in [0.2, 0.25) is 0 Å². The molecule has 168 valence electrons. The van der Waals surface area contributed by atoms with E-state index >= 15 is 0 Å². The standard InChI is InChI=1S/C21H17F5N4O2/c22-20(23,13-31-12-14-2-1-9-29-10-14)19(28)30-11-16(5-8-18(30)27)15-3-6-17(7-4-15)32-21(24,25)26/h1-11,27-28H,12-13H2. The fourth-order valence-electron chi connectivity index (χ4n) is 2.73.